The third-order valence-electron chi connectivity index (χ3n) is 1.64. The quantitative estimate of drug-likeness (QED) is 0.694. The summed E-state index contributed by atoms with van der Waals surface area (Å²) in [6.45, 7) is 0. The monoisotopic (exact) mass is 196 g/mol. The molecule has 5 heteroatoms. The maximum absolute atomic E-state index is 11.0. The van der Waals surface area contributed by atoms with Gasteiger partial charge in [-0.1, -0.05) is 0 Å². The highest BCUT2D eigenvalue weighted by atomic mass is 32.2. The number of anilines is 1. The highest BCUT2D eigenvalue weighted by molar-refractivity contribution is 7.84. The number of aromatic nitrogens is 1. The molecule has 0 fully saturated rings. The Morgan fingerprint density at radius 2 is 2.31 bits per heavy atom. The van der Waals surface area contributed by atoms with Crippen molar-refractivity contribution in [1.82, 2.24) is 4.98 Å². The average molecular weight is 196 g/mol. The zero-order valence-electron chi connectivity index (χ0n) is 6.98. The number of nitrogen functional groups attached to an aromatic ring is 1. The zero-order chi connectivity index (χ0) is 9.42. The van der Waals surface area contributed by atoms with E-state index in [2.05, 4.69) is 4.98 Å². The molecule has 68 valence electrons. The molecule has 1 unspecified atom stereocenters. The van der Waals surface area contributed by atoms with E-state index in [0.717, 1.165) is 0 Å². The Morgan fingerprint density at radius 1 is 1.54 bits per heavy atom. The summed E-state index contributed by atoms with van der Waals surface area (Å²) in [5.74, 6) is 0. The molecule has 0 amide bonds. The number of hydrogen-bond acceptors (Lipinski definition) is 4. The first kappa shape index (κ1) is 8.25. The number of nitrogens with zero attached hydrogens (tertiary/aromatic N) is 1. The molecule has 4 nitrogen and oxygen atoms in total. The summed E-state index contributed by atoms with van der Waals surface area (Å²) >= 11 is 0. The molecule has 2 N–H and O–H groups in total. The van der Waals surface area contributed by atoms with Crippen LogP contribution in [0, 0.1) is 0 Å². The zero-order valence-corrected chi connectivity index (χ0v) is 7.80. The molecule has 0 aliphatic heterocycles. The van der Waals surface area contributed by atoms with Crippen LogP contribution >= 0.6 is 0 Å². The van der Waals surface area contributed by atoms with E-state index in [9.17, 15) is 4.21 Å². The van der Waals surface area contributed by atoms with Crippen LogP contribution in [0.4, 0.5) is 5.69 Å². The SMILES string of the molecule is CS(=O)c1nc2ccc(N)cc2o1. The van der Waals surface area contributed by atoms with Crippen molar-refractivity contribution in [3.63, 3.8) is 0 Å². The van der Waals surface area contributed by atoms with Crippen molar-refractivity contribution < 1.29 is 8.63 Å². The van der Waals surface area contributed by atoms with E-state index < -0.39 is 10.8 Å². The summed E-state index contributed by atoms with van der Waals surface area (Å²) in [5.41, 5.74) is 7.41. The fourth-order valence-electron chi connectivity index (χ4n) is 1.04. The Morgan fingerprint density at radius 3 is 3.00 bits per heavy atom. The summed E-state index contributed by atoms with van der Waals surface area (Å²) in [7, 11) is -1.19. The molecule has 0 aliphatic rings. The summed E-state index contributed by atoms with van der Waals surface area (Å²) in [6, 6.07) is 5.14. The molecule has 0 radical (unpaired) electrons. The second kappa shape index (κ2) is 2.85. The van der Waals surface area contributed by atoms with Gasteiger partial charge in [0.05, 0.1) is 0 Å². The first-order chi connectivity index (χ1) is 6.16. The lowest BCUT2D eigenvalue weighted by molar-refractivity contribution is 0.479. The lowest BCUT2D eigenvalue weighted by Gasteiger charge is -1.88. The largest absolute Gasteiger partial charge is 0.430 e. The van der Waals surface area contributed by atoms with Gasteiger partial charge >= 0.3 is 0 Å². The fraction of sp³-hybridized carbons (Fsp3) is 0.125. The minimum absolute atomic E-state index is 0.237. The summed E-state index contributed by atoms with van der Waals surface area (Å²) in [5, 5.41) is 0.237. The normalized spacial score (nSPS) is 13.3. The van der Waals surface area contributed by atoms with E-state index in [4.69, 9.17) is 10.2 Å². The predicted octanol–water partition coefficient (Wildman–Crippen LogP) is 1.15. The maximum atomic E-state index is 11.0. The fourth-order valence-corrected chi connectivity index (χ4v) is 1.48. The Labute approximate surface area is 77.2 Å². The topological polar surface area (TPSA) is 69.1 Å². The van der Waals surface area contributed by atoms with Crippen LogP contribution in [0.3, 0.4) is 0 Å². The molecule has 1 heterocycles. The second-order valence-corrected chi connectivity index (χ2v) is 3.92. The number of benzene rings is 1. The van der Waals surface area contributed by atoms with Crippen LogP contribution in [0.5, 0.6) is 0 Å². The molecule has 1 atom stereocenters. The molecule has 1 aromatic heterocycles. The van der Waals surface area contributed by atoms with Crippen LogP contribution in [-0.4, -0.2) is 15.4 Å². The number of nitrogens with two attached hydrogens (primary N) is 1. The van der Waals surface area contributed by atoms with Crippen LogP contribution in [0.2, 0.25) is 0 Å². The molecular weight excluding hydrogens is 188 g/mol. The van der Waals surface area contributed by atoms with Crippen molar-refractivity contribution in [2.45, 2.75) is 5.22 Å². The van der Waals surface area contributed by atoms with Crippen molar-refractivity contribution >= 4 is 27.6 Å². The first-order valence-corrected chi connectivity index (χ1v) is 5.22. The minimum Gasteiger partial charge on any atom is -0.430 e. The molecule has 0 saturated carbocycles. The number of fused-ring (bicyclic) bond motifs is 1. The standard InChI is InChI=1S/C8H8N2O2S/c1-13(11)8-10-6-3-2-5(9)4-7(6)12-8/h2-4H,9H2,1H3. The summed E-state index contributed by atoms with van der Waals surface area (Å²) in [4.78, 5) is 4.03. The predicted molar refractivity (Wildman–Crippen MR) is 50.8 cm³/mol. The number of hydrogen-bond donors (Lipinski definition) is 1. The van der Waals surface area contributed by atoms with Crippen molar-refractivity contribution in [2.75, 3.05) is 12.0 Å². The van der Waals surface area contributed by atoms with E-state index in [1.165, 1.54) is 6.26 Å². The molecular formula is C8H8N2O2S. The van der Waals surface area contributed by atoms with Gasteiger partial charge in [-0.25, -0.2) is 9.19 Å². The second-order valence-electron chi connectivity index (χ2n) is 2.66. The molecule has 0 aliphatic carbocycles. The average Bonchev–Trinajstić information content (AvgIpc) is 2.46. The molecule has 2 aromatic rings. The van der Waals surface area contributed by atoms with Crippen molar-refractivity contribution in [1.29, 1.82) is 0 Å². The van der Waals surface area contributed by atoms with Gasteiger partial charge in [-0.3, -0.25) is 0 Å². The van der Waals surface area contributed by atoms with Crippen LogP contribution in [-0.2, 0) is 10.8 Å². The van der Waals surface area contributed by atoms with Crippen LogP contribution in [0.25, 0.3) is 11.1 Å². The van der Waals surface area contributed by atoms with Gasteiger partial charge in [-0.2, -0.15) is 0 Å². The van der Waals surface area contributed by atoms with Gasteiger partial charge in [0.2, 0.25) is 0 Å². The minimum atomic E-state index is -1.19. The van der Waals surface area contributed by atoms with Gasteiger partial charge in [0.15, 0.2) is 5.58 Å². The molecule has 0 bridgehead atoms. The first-order valence-electron chi connectivity index (χ1n) is 3.66. The lowest BCUT2D eigenvalue weighted by atomic mass is 10.3. The third kappa shape index (κ3) is 1.42. The maximum Gasteiger partial charge on any atom is 0.287 e. The van der Waals surface area contributed by atoms with E-state index in [1.807, 2.05) is 0 Å². The highest BCUT2D eigenvalue weighted by Crippen LogP contribution is 2.19. The van der Waals surface area contributed by atoms with E-state index in [0.29, 0.717) is 16.8 Å². The van der Waals surface area contributed by atoms with E-state index in [-0.39, 0.29) is 5.22 Å². The molecule has 1 aromatic carbocycles. The van der Waals surface area contributed by atoms with Crippen molar-refractivity contribution in [3.8, 4) is 0 Å². The van der Waals surface area contributed by atoms with Gasteiger partial charge < -0.3 is 10.2 Å². The van der Waals surface area contributed by atoms with Crippen molar-refractivity contribution in [3.05, 3.63) is 18.2 Å². The Kier molecular flexibility index (Phi) is 1.81. The van der Waals surface area contributed by atoms with Gasteiger partial charge in [-0.15, -0.1) is 0 Å². The molecule has 13 heavy (non-hydrogen) atoms. The van der Waals surface area contributed by atoms with Crippen LogP contribution in [0.15, 0.2) is 27.8 Å². The lowest BCUT2D eigenvalue weighted by Crippen LogP contribution is -1.84. The smallest absolute Gasteiger partial charge is 0.287 e. The Balaban J connectivity index is 2.68. The van der Waals surface area contributed by atoms with Gasteiger partial charge in [-0.05, 0) is 12.1 Å². The van der Waals surface area contributed by atoms with Gasteiger partial charge in [0, 0.05) is 18.0 Å². The summed E-state index contributed by atoms with van der Waals surface area (Å²) < 4.78 is 16.2. The molecule has 0 spiro atoms. The number of oxazole rings is 1. The van der Waals surface area contributed by atoms with Crippen molar-refractivity contribution in [2.24, 2.45) is 0 Å². The van der Waals surface area contributed by atoms with Gasteiger partial charge in [0.1, 0.15) is 16.3 Å². The van der Waals surface area contributed by atoms with E-state index in [1.54, 1.807) is 18.2 Å². The Hall–Kier alpha value is -1.36. The molecule has 0 saturated heterocycles. The highest BCUT2D eigenvalue weighted by Gasteiger charge is 2.08. The van der Waals surface area contributed by atoms with Gasteiger partial charge in [0.25, 0.3) is 5.22 Å². The van der Waals surface area contributed by atoms with E-state index >= 15 is 0 Å². The molecule has 2 rings (SSSR count). The summed E-state index contributed by atoms with van der Waals surface area (Å²) in [6.07, 6.45) is 1.52. The Bertz CT molecular complexity index is 478. The third-order valence-corrected chi connectivity index (χ3v) is 2.31. The number of rotatable bonds is 1. The van der Waals surface area contributed by atoms with Crippen LogP contribution in [0.1, 0.15) is 0 Å². The van der Waals surface area contributed by atoms with Crippen LogP contribution < -0.4 is 5.73 Å².